The molecule has 2 aromatic carbocycles. The number of alkyl halides is 3. The fourth-order valence-corrected chi connectivity index (χ4v) is 5.76. The topological polar surface area (TPSA) is 91.0 Å². The molecule has 3 aliphatic heterocycles. The molecule has 0 aromatic heterocycles. The molecule has 2 fully saturated rings. The van der Waals surface area contributed by atoms with E-state index in [1.807, 2.05) is 6.07 Å². The van der Waals surface area contributed by atoms with Crippen LogP contribution in [0.5, 0.6) is 5.75 Å². The lowest BCUT2D eigenvalue weighted by atomic mass is 10.0. The van der Waals surface area contributed by atoms with E-state index in [1.165, 1.54) is 17.0 Å². The second-order valence-corrected chi connectivity index (χ2v) is 10.5. The second kappa shape index (κ2) is 12.0. The van der Waals surface area contributed by atoms with Crippen LogP contribution >= 0.6 is 0 Å². The molecule has 3 amide bonds. The van der Waals surface area contributed by atoms with Crippen molar-refractivity contribution >= 4 is 17.7 Å². The minimum atomic E-state index is -4.33. The van der Waals surface area contributed by atoms with Crippen LogP contribution in [0.1, 0.15) is 59.2 Å². The first-order valence-electron chi connectivity index (χ1n) is 13.7. The zero-order valence-electron chi connectivity index (χ0n) is 22.1. The van der Waals surface area contributed by atoms with E-state index in [0.29, 0.717) is 36.9 Å². The van der Waals surface area contributed by atoms with Gasteiger partial charge in [0.2, 0.25) is 11.8 Å². The fourth-order valence-electron chi connectivity index (χ4n) is 5.76. The molecule has 0 saturated carbocycles. The summed E-state index contributed by atoms with van der Waals surface area (Å²) in [5, 5.41) is 5.70. The summed E-state index contributed by atoms with van der Waals surface area (Å²) in [6.07, 6.45) is -0.847. The van der Waals surface area contributed by atoms with Gasteiger partial charge in [-0.15, -0.1) is 0 Å². The molecular weight excluding hydrogens is 525 g/mol. The van der Waals surface area contributed by atoms with Crippen LogP contribution in [0.4, 0.5) is 13.2 Å². The van der Waals surface area contributed by atoms with Crippen molar-refractivity contribution in [2.45, 2.75) is 63.5 Å². The summed E-state index contributed by atoms with van der Waals surface area (Å²) < 4.78 is 44.4. The standard InChI is InChI=1S/C29H33F3N4O4/c30-29(31,32)20-9-7-19(8-10-20)16-33-17-21-4-2-13-35(21)14-3-15-40-25-6-1-5-22-23(25)18-36(28(22)39)24-11-12-26(37)34-27(24)38/h1,5-10,21,24,33H,2-4,11-18H2,(H,34,37,38)/t21-,24?/m1/s1. The van der Waals surface area contributed by atoms with Crippen molar-refractivity contribution in [3.63, 3.8) is 0 Å². The highest BCUT2D eigenvalue weighted by Crippen LogP contribution is 2.34. The van der Waals surface area contributed by atoms with Gasteiger partial charge in [0.05, 0.1) is 18.7 Å². The highest BCUT2D eigenvalue weighted by atomic mass is 19.4. The summed E-state index contributed by atoms with van der Waals surface area (Å²) in [5.41, 5.74) is 1.47. The number of likely N-dealkylation sites (tertiary alicyclic amines) is 1. The summed E-state index contributed by atoms with van der Waals surface area (Å²) in [6, 6.07) is 10.3. The Kier molecular flexibility index (Phi) is 8.41. The van der Waals surface area contributed by atoms with Crippen LogP contribution < -0.4 is 15.4 Å². The molecule has 0 radical (unpaired) electrons. The van der Waals surface area contributed by atoms with Crippen molar-refractivity contribution in [2.24, 2.45) is 0 Å². The SMILES string of the molecule is O=C1CCC(N2Cc3c(OCCCN4CCC[C@@H]4CNCc4ccc(C(F)(F)F)cc4)cccc3C2=O)C(=O)N1. The van der Waals surface area contributed by atoms with Gasteiger partial charge in [-0.25, -0.2) is 0 Å². The molecule has 0 spiro atoms. The number of hydrogen-bond acceptors (Lipinski definition) is 6. The molecule has 3 aliphatic rings. The number of amides is 3. The summed E-state index contributed by atoms with van der Waals surface area (Å²) in [5.74, 6) is -0.339. The molecule has 0 aliphatic carbocycles. The van der Waals surface area contributed by atoms with Crippen molar-refractivity contribution < 1.29 is 32.3 Å². The van der Waals surface area contributed by atoms with Crippen LogP contribution in [0.15, 0.2) is 42.5 Å². The highest BCUT2D eigenvalue weighted by molar-refractivity contribution is 6.05. The predicted octanol–water partition coefficient (Wildman–Crippen LogP) is 3.49. The van der Waals surface area contributed by atoms with Gasteiger partial charge in [-0.1, -0.05) is 18.2 Å². The number of carbonyl (C=O) groups excluding carboxylic acids is 3. The van der Waals surface area contributed by atoms with Gasteiger partial charge >= 0.3 is 6.18 Å². The van der Waals surface area contributed by atoms with Crippen LogP contribution in [-0.2, 0) is 28.9 Å². The molecule has 2 atom stereocenters. The van der Waals surface area contributed by atoms with Gasteiger partial charge in [0, 0.05) is 43.2 Å². The van der Waals surface area contributed by atoms with Crippen molar-refractivity contribution in [1.82, 2.24) is 20.4 Å². The van der Waals surface area contributed by atoms with Crippen molar-refractivity contribution in [3.05, 3.63) is 64.7 Å². The molecule has 214 valence electrons. The first-order chi connectivity index (χ1) is 19.2. The van der Waals surface area contributed by atoms with Crippen LogP contribution in [0.3, 0.4) is 0 Å². The minimum Gasteiger partial charge on any atom is -0.493 e. The van der Waals surface area contributed by atoms with Crippen molar-refractivity contribution in [1.29, 1.82) is 0 Å². The lowest BCUT2D eigenvalue weighted by molar-refractivity contribution is -0.138. The third-order valence-corrected chi connectivity index (χ3v) is 7.88. The van der Waals surface area contributed by atoms with Crippen LogP contribution in [0, 0.1) is 0 Å². The zero-order valence-corrected chi connectivity index (χ0v) is 22.1. The van der Waals surface area contributed by atoms with E-state index in [-0.39, 0.29) is 24.8 Å². The number of hydrogen-bond donors (Lipinski definition) is 2. The number of rotatable bonds is 10. The minimum absolute atomic E-state index is 0.210. The van der Waals surface area contributed by atoms with E-state index >= 15 is 0 Å². The Morgan fingerprint density at radius 2 is 1.85 bits per heavy atom. The van der Waals surface area contributed by atoms with Gasteiger partial charge in [-0.3, -0.25) is 24.6 Å². The Morgan fingerprint density at radius 1 is 1.05 bits per heavy atom. The van der Waals surface area contributed by atoms with Gasteiger partial charge in [0.1, 0.15) is 11.8 Å². The van der Waals surface area contributed by atoms with Crippen LogP contribution in [-0.4, -0.2) is 65.8 Å². The Bertz CT molecular complexity index is 1250. The number of piperidine rings is 1. The molecular formula is C29H33F3N4O4. The maximum absolute atomic E-state index is 13.0. The van der Waals surface area contributed by atoms with Gasteiger partial charge in [-0.05, 0) is 62.1 Å². The molecule has 11 heteroatoms. The van der Waals surface area contributed by atoms with E-state index in [4.69, 9.17) is 4.74 Å². The fraction of sp³-hybridized carbons (Fsp3) is 0.483. The molecule has 2 saturated heterocycles. The van der Waals surface area contributed by atoms with Gasteiger partial charge in [-0.2, -0.15) is 13.2 Å². The quantitative estimate of drug-likeness (QED) is 0.343. The number of carbonyl (C=O) groups is 3. The zero-order chi connectivity index (χ0) is 28.3. The van der Waals surface area contributed by atoms with Gasteiger partial charge in [0.15, 0.2) is 0 Å². The van der Waals surface area contributed by atoms with E-state index < -0.39 is 23.7 Å². The Labute approximate surface area is 230 Å². The summed E-state index contributed by atoms with van der Waals surface area (Å²) >= 11 is 0. The summed E-state index contributed by atoms with van der Waals surface area (Å²) in [7, 11) is 0. The summed E-state index contributed by atoms with van der Waals surface area (Å²) in [4.78, 5) is 40.7. The number of nitrogens with one attached hydrogen (secondary N) is 2. The van der Waals surface area contributed by atoms with E-state index in [2.05, 4.69) is 15.5 Å². The van der Waals surface area contributed by atoms with Gasteiger partial charge in [0.25, 0.3) is 5.91 Å². The molecule has 40 heavy (non-hydrogen) atoms. The molecule has 8 nitrogen and oxygen atoms in total. The number of ether oxygens (including phenoxy) is 1. The Morgan fingerprint density at radius 3 is 2.60 bits per heavy atom. The molecule has 0 bridgehead atoms. The third kappa shape index (κ3) is 6.31. The van der Waals surface area contributed by atoms with Crippen molar-refractivity contribution in [2.75, 3.05) is 26.2 Å². The monoisotopic (exact) mass is 558 g/mol. The molecule has 1 unspecified atom stereocenters. The number of benzene rings is 2. The number of nitrogens with zero attached hydrogens (tertiary/aromatic N) is 2. The maximum Gasteiger partial charge on any atom is 0.416 e. The largest absolute Gasteiger partial charge is 0.493 e. The molecule has 2 aromatic rings. The second-order valence-electron chi connectivity index (χ2n) is 10.5. The normalized spacial score (nSPS) is 21.6. The molecule has 3 heterocycles. The maximum atomic E-state index is 13.0. The van der Waals surface area contributed by atoms with Crippen LogP contribution in [0.25, 0.3) is 0 Å². The third-order valence-electron chi connectivity index (χ3n) is 7.88. The number of imide groups is 1. The average molecular weight is 559 g/mol. The highest BCUT2D eigenvalue weighted by Gasteiger charge is 2.40. The van der Waals surface area contributed by atoms with Gasteiger partial charge < -0.3 is 15.0 Å². The lowest BCUT2D eigenvalue weighted by Gasteiger charge is -2.29. The molecule has 5 rings (SSSR count). The predicted molar refractivity (Wildman–Crippen MR) is 140 cm³/mol. The first kappa shape index (κ1) is 28.1. The Balaban J connectivity index is 1.07. The molecule has 2 N–H and O–H groups in total. The lowest BCUT2D eigenvalue weighted by Crippen LogP contribution is -2.52. The number of halogens is 3. The van der Waals surface area contributed by atoms with E-state index in [9.17, 15) is 27.6 Å². The van der Waals surface area contributed by atoms with Crippen LogP contribution in [0.2, 0.25) is 0 Å². The average Bonchev–Trinajstić information content (AvgIpc) is 3.51. The Hall–Kier alpha value is -3.44. The van der Waals surface area contributed by atoms with E-state index in [0.717, 1.165) is 62.2 Å². The smallest absolute Gasteiger partial charge is 0.416 e. The van der Waals surface area contributed by atoms with Crippen molar-refractivity contribution in [3.8, 4) is 5.75 Å². The first-order valence-corrected chi connectivity index (χ1v) is 13.7. The van der Waals surface area contributed by atoms with E-state index in [1.54, 1.807) is 12.1 Å². The number of fused-ring (bicyclic) bond motifs is 1. The summed E-state index contributed by atoms with van der Waals surface area (Å²) in [6.45, 7) is 3.86.